The van der Waals surface area contributed by atoms with E-state index in [1.54, 1.807) is 4.90 Å². The van der Waals surface area contributed by atoms with Gasteiger partial charge in [-0.05, 0) is 48.3 Å². The van der Waals surface area contributed by atoms with Gasteiger partial charge in [-0.15, -0.1) is 0 Å². The SMILES string of the molecule is COC(=O)CN1CC2(CC2)c2cc(C3(C)CC3)ccc2C1=O. The Morgan fingerprint density at radius 3 is 2.59 bits per heavy atom. The Balaban J connectivity index is 1.71. The highest BCUT2D eigenvalue weighted by Gasteiger charge is 2.52. The molecule has 0 saturated heterocycles. The third-order valence-electron chi connectivity index (χ3n) is 5.70. The van der Waals surface area contributed by atoms with E-state index < -0.39 is 0 Å². The molecule has 0 radical (unpaired) electrons. The molecule has 22 heavy (non-hydrogen) atoms. The van der Waals surface area contributed by atoms with Crippen LogP contribution in [0.15, 0.2) is 18.2 Å². The smallest absolute Gasteiger partial charge is 0.325 e. The van der Waals surface area contributed by atoms with Crippen LogP contribution in [0.2, 0.25) is 0 Å². The van der Waals surface area contributed by atoms with Crippen LogP contribution in [-0.4, -0.2) is 37.0 Å². The van der Waals surface area contributed by atoms with Crippen molar-refractivity contribution in [3.8, 4) is 0 Å². The summed E-state index contributed by atoms with van der Waals surface area (Å²) in [6.07, 6.45) is 4.68. The molecule has 1 aromatic carbocycles. The normalized spacial score (nSPS) is 23.2. The minimum Gasteiger partial charge on any atom is -0.468 e. The molecule has 0 aromatic heterocycles. The van der Waals surface area contributed by atoms with Gasteiger partial charge in [-0.2, -0.15) is 0 Å². The van der Waals surface area contributed by atoms with Crippen molar-refractivity contribution in [3.63, 3.8) is 0 Å². The van der Waals surface area contributed by atoms with E-state index in [4.69, 9.17) is 4.74 Å². The number of amides is 1. The molecule has 116 valence electrons. The molecule has 3 aliphatic rings. The molecule has 2 saturated carbocycles. The predicted octanol–water partition coefficient (Wildman–Crippen LogP) is 2.40. The van der Waals surface area contributed by atoms with Gasteiger partial charge in [0.15, 0.2) is 0 Å². The highest BCUT2D eigenvalue weighted by molar-refractivity contribution is 5.99. The summed E-state index contributed by atoms with van der Waals surface area (Å²) in [4.78, 5) is 25.9. The lowest BCUT2D eigenvalue weighted by molar-refractivity contribution is -0.141. The molecular formula is C18H21NO3. The van der Waals surface area contributed by atoms with Crippen molar-refractivity contribution < 1.29 is 14.3 Å². The average Bonchev–Trinajstić information content (AvgIpc) is 3.43. The van der Waals surface area contributed by atoms with E-state index in [2.05, 4.69) is 19.1 Å². The summed E-state index contributed by atoms with van der Waals surface area (Å²) >= 11 is 0. The van der Waals surface area contributed by atoms with Gasteiger partial charge in [0.1, 0.15) is 6.54 Å². The molecule has 0 bridgehead atoms. The molecule has 2 aliphatic carbocycles. The van der Waals surface area contributed by atoms with Crippen LogP contribution in [0.25, 0.3) is 0 Å². The molecular weight excluding hydrogens is 278 g/mol. The molecule has 1 aromatic rings. The lowest BCUT2D eigenvalue weighted by Gasteiger charge is -2.34. The van der Waals surface area contributed by atoms with Crippen molar-refractivity contribution >= 4 is 11.9 Å². The van der Waals surface area contributed by atoms with Crippen molar-refractivity contribution in [1.82, 2.24) is 4.90 Å². The highest BCUT2D eigenvalue weighted by atomic mass is 16.5. The number of carbonyl (C=O) groups is 2. The highest BCUT2D eigenvalue weighted by Crippen LogP contribution is 2.55. The molecule has 1 spiro atoms. The second-order valence-corrected chi connectivity index (χ2v) is 7.34. The molecule has 0 atom stereocenters. The quantitative estimate of drug-likeness (QED) is 0.805. The number of benzene rings is 1. The zero-order chi connectivity index (χ0) is 15.5. The van der Waals surface area contributed by atoms with Gasteiger partial charge in [0, 0.05) is 17.5 Å². The van der Waals surface area contributed by atoms with E-state index in [1.807, 2.05) is 6.07 Å². The van der Waals surface area contributed by atoms with Crippen LogP contribution in [0.4, 0.5) is 0 Å². The number of fused-ring (bicyclic) bond motifs is 2. The lowest BCUT2D eigenvalue weighted by Crippen LogP contribution is -2.46. The Bertz CT molecular complexity index is 671. The maximum Gasteiger partial charge on any atom is 0.325 e. The van der Waals surface area contributed by atoms with Crippen LogP contribution in [-0.2, 0) is 20.4 Å². The minimum atomic E-state index is -0.352. The maximum atomic E-state index is 12.7. The number of methoxy groups -OCH3 is 1. The van der Waals surface area contributed by atoms with E-state index in [9.17, 15) is 9.59 Å². The first-order valence-electron chi connectivity index (χ1n) is 7.99. The summed E-state index contributed by atoms with van der Waals surface area (Å²) < 4.78 is 4.72. The first-order valence-corrected chi connectivity index (χ1v) is 7.99. The average molecular weight is 299 g/mol. The Kier molecular flexibility index (Phi) is 2.72. The fourth-order valence-electron chi connectivity index (χ4n) is 3.64. The van der Waals surface area contributed by atoms with Crippen LogP contribution in [0.3, 0.4) is 0 Å². The van der Waals surface area contributed by atoms with Crippen molar-refractivity contribution in [2.75, 3.05) is 20.2 Å². The Morgan fingerprint density at radius 1 is 1.27 bits per heavy atom. The summed E-state index contributed by atoms with van der Waals surface area (Å²) in [6, 6.07) is 6.34. The number of carbonyl (C=O) groups excluding carboxylic acids is 2. The van der Waals surface area contributed by atoms with Gasteiger partial charge in [0.05, 0.1) is 7.11 Å². The number of esters is 1. The van der Waals surface area contributed by atoms with Crippen LogP contribution >= 0.6 is 0 Å². The van der Waals surface area contributed by atoms with Gasteiger partial charge in [-0.25, -0.2) is 0 Å². The van der Waals surface area contributed by atoms with Gasteiger partial charge in [-0.3, -0.25) is 9.59 Å². The summed E-state index contributed by atoms with van der Waals surface area (Å²) in [5.74, 6) is -0.389. The zero-order valence-corrected chi connectivity index (χ0v) is 13.1. The Hall–Kier alpha value is -1.84. The molecule has 0 N–H and O–H groups in total. The Morgan fingerprint density at radius 2 is 2.00 bits per heavy atom. The minimum absolute atomic E-state index is 0.0366. The molecule has 1 aliphatic heterocycles. The largest absolute Gasteiger partial charge is 0.468 e. The van der Waals surface area contributed by atoms with Crippen molar-refractivity contribution in [1.29, 1.82) is 0 Å². The van der Waals surface area contributed by atoms with E-state index in [-0.39, 0.29) is 23.8 Å². The van der Waals surface area contributed by atoms with Gasteiger partial charge >= 0.3 is 5.97 Å². The van der Waals surface area contributed by atoms with E-state index >= 15 is 0 Å². The number of ether oxygens (including phenoxy) is 1. The van der Waals surface area contributed by atoms with E-state index in [0.29, 0.717) is 12.0 Å². The van der Waals surface area contributed by atoms with Crippen molar-refractivity contribution in [2.45, 2.75) is 43.4 Å². The fourth-order valence-corrected chi connectivity index (χ4v) is 3.64. The van der Waals surface area contributed by atoms with Gasteiger partial charge in [0.25, 0.3) is 5.91 Å². The molecule has 0 unspecified atom stereocenters. The third kappa shape index (κ3) is 1.97. The third-order valence-corrected chi connectivity index (χ3v) is 5.70. The van der Waals surface area contributed by atoms with Crippen LogP contribution in [0, 0.1) is 0 Å². The monoisotopic (exact) mass is 299 g/mol. The number of rotatable bonds is 3. The van der Waals surface area contributed by atoms with Gasteiger partial charge in [0.2, 0.25) is 0 Å². The molecule has 4 nitrogen and oxygen atoms in total. The van der Waals surface area contributed by atoms with Crippen molar-refractivity contribution in [2.24, 2.45) is 0 Å². The first-order chi connectivity index (χ1) is 10.5. The van der Waals surface area contributed by atoms with E-state index in [1.165, 1.54) is 31.1 Å². The molecule has 2 fully saturated rings. The second-order valence-electron chi connectivity index (χ2n) is 7.34. The summed E-state index contributed by atoms with van der Waals surface area (Å²) in [5.41, 5.74) is 3.76. The second kappa shape index (κ2) is 4.34. The summed E-state index contributed by atoms with van der Waals surface area (Å²) in [5, 5.41) is 0. The maximum absolute atomic E-state index is 12.7. The van der Waals surface area contributed by atoms with Gasteiger partial charge < -0.3 is 9.64 Å². The number of nitrogens with zero attached hydrogens (tertiary/aromatic N) is 1. The summed E-state index contributed by atoms with van der Waals surface area (Å²) in [7, 11) is 1.36. The Labute approximate surface area is 130 Å². The summed E-state index contributed by atoms with van der Waals surface area (Å²) in [6.45, 7) is 2.99. The van der Waals surface area contributed by atoms with Crippen LogP contribution in [0.1, 0.15) is 54.1 Å². The number of hydrogen-bond donors (Lipinski definition) is 0. The van der Waals surface area contributed by atoms with Crippen molar-refractivity contribution in [3.05, 3.63) is 34.9 Å². The zero-order valence-electron chi connectivity index (χ0n) is 13.1. The molecule has 1 heterocycles. The fraction of sp³-hybridized carbons (Fsp3) is 0.556. The van der Waals surface area contributed by atoms with Crippen LogP contribution in [0.5, 0.6) is 0 Å². The molecule has 4 rings (SSSR count). The molecule has 1 amide bonds. The number of hydrogen-bond acceptors (Lipinski definition) is 3. The van der Waals surface area contributed by atoms with Gasteiger partial charge in [-0.1, -0.05) is 19.1 Å². The standard InChI is InChI=1S/C18H21NO3/c1-17(5-6-17)12-3-4-13-14(9-12)18(7-8-18)11-19(16(13)21)10-15(20)22-2/h3-4,9H,5-8,10-11H2,1-2H3. The predicted molar refractivity (Wildman–Crippen MR) is 81.9 cm³/mol. The lowest BCUT2D eigenvalue weighted by atomic mass is 9.83. The van der Waals surface area contributed by atoms with E-state index in [0.717, 1.165) is 18.4 Å². The topological polar surface area (TPSA) is 46.6 Å². The van der Waals surface area contributed by atoms with Crippen LogP contribution < -0.4 is 0 Å². The molecule has 4 heteroatoms. The first kappa shape index (κ1) is 13.8.